The lowest BCUT2D eigenvalue weighted by molar-refractivity contribution is -0.197. The van der Waals surface area contributed by atoms with Crippen molar-refractivity contribution in [2.45, 2.75) is 59.0 Å². The van der Waals surface area contributed by atoms with Crippen LogP contribution in [0.4, 0.5) is 0 Å². The fraction of sp³-hybridized carbons (Fsp3) is 0.600. The van der Waals surface area contributed by atoms with Crippen molar-refractivity contribution in [2.24, 2.45) is 22.2 Å². The van der Waals surface area contributed by atoms with Gasteiger partial charge in [0, 0.05) is 24.9 Å². The number of hydrogen-bond acceptors (Lipinski definition) is 6. The SMILES string of the molecule is CO[C@H]1OC(=O)C[C@@]12[C@H](C(C)(C)C)C(=O)C[C@]21CC(O)C=C1COCc1ccccc1. The molecular weight excluding hydrogens is 396 g/mol. The van der Waals surface area contributed by atoms with Crippen molar-refractivity contribution in [1.82, 2.24) is 0 Å². The van der Waals surface area contributed by atoms with Crippen LogP contribution in [0.3, 0.4) is 0 Å². The molecule has 1 N–H and O–H groups in total. The number of rotatable bonds is 5. The number of carbonyl (C=O) groups is 2. The Bertz CT molecular complexity index is 885. The van der Waals surface area contributed by atoms with Crippen LogP contribution in [0.15, 0.2) is 42.0 Å². The second-order valence-corrected chi connectivity index (χ2v) is 10.2. The van der Waals surface area contributed by atoms with Crippen molar-refractivity contribution in [1.29, 1.82) is 0 Å². The molecule has 2 spiro atoms. The zero-order valence-electron chi connectivity index (χ0n) is 18.7. The molecule has 0 radical (unpaired) electrons. The maximum Gasteiger partial charge on any atom is 0.308 e. The summed E-state index contributed by atoms with van der Waals surface area (Å²) < 4.78 is 17.3. The number of fused-ring (bicyclic) bond motifs is 1. The number of hydrogen-bond donors (Lipinski definition) is 1. The molecule has 2 fully saturated rings. The number of aliphatic hydroxyl groups is 1. The van der Waals surface area contributed by atoms with E-state index < -0.39 is 34.6 Å². The van der Waals surface area contributed by atoms with Crippen molar-refractivity contribution in [2.75, 3.05) is 13.7 Å². The number of methoxy groups -OCH3 is 1. The van der Waals surface area contributed by atoms with Gasteiger partial charge in [0.1, 0.15) is 5.78 Å². The van der Waals surface area contributed by atoms with Crippen molar-refractivity contribution in [3.05, 3.63) is 47.5 Å². The molecule has 31 heavy (non-hydrogen) atoms. The average Bonchev–Trinajstić information content (AvgIpc) is 3.27. The van der Waals surface area contributed by atoms with E-state index >= 15 is 0 Å². The summed E-state index contributed by atoms with van der Waals surface area (Å²) >= 11 is 0. The largest absolute Gasteiger partial charge is 0.435 e. The summed E-state index contributed by atoms with van der Waals surface area (Å²) in [5, 5.41) is 10.7. The molecule has 1 saturated carbocycles. The van der Waals surface area contributed by atoms with Gasteiger partial charge in [0.2, 0.25) is 6.29 Å². The summed E-state index contributed by atoms with van der Waals surface area (Å²) in [6, 6.07) is 9.86. The van der Waals surface area contributed by atoms with Crippen LogP contribution in [-0.4, -0.2) is 43.0 Å². The maximum absolute atomic E-state index is 13.5. The number of Topliss-reactive ketones (excluding diaryl/α,β-unsaturated/α-hetero) is 1. The lowest BCUT2D eigenvalue weighted by atomic mass is 9.53. The molecule has 4 rings (SSSR count). The molecule has 0 amide bonds. The fourth-order valence-corrected chi connectivity index (χ4v) is 6.52. The van der Waals surface area contributed by atoms with Gasteiger partial charge in [0.05, 0.1) is 31.2 Å². The third kappa shape index (κ3) is 3.45. The molecule has 1 aromatic carbocycles. The molecule has 5 atom stereocenters. The molecule has 2 aliphatic carbocycles. The quantitative estimate of drug-likeness (QED) is 0.572. The molecule has 3 aliphatic rings. The number of aliphatic hydroxyl groups excluding tert-OH is 1. The smallest absolute Gasteiger partial charge is 0.308 e. The lowest BCUT2D eigenvalue weighted by Gasteiger charge is -2.49. The van der Waals surface area contributed by atoms with Gasteiger partial charge in [0.15, 0.2) is 0 Å². The van der Waals surface area contributed by atoms with Crippen LogP contribution in [0.2, 0.25) is 0 Å². The van der Waals surface area contributed by atoms with Gasteiger partial charge in [-0.3, -0.25) is 9.59 Å². The van der Waals surface area contributed by atoms with Crippen molar-refractivity contribution in [3.63, 3.8) is 0 Å². The van der Waals surface area contributed by atoms with Gasteiger partial charge in [-0.25, -0.2) is 0 Å². The number of benzene rings is 1. The summed E-state index contributed by atoms with van der Waals surface area (Å²) in [5.74, 6) is -0.698. The first-order valence-electron chi connectivity index (χ1n) is 10.9. The number of ether oxygens (including phenoxy) is 3. The summed E-state index contributed by atoms with van der Waals surface area (Å²) in [5.41, 5.74) is -0.0704. The highest BCUT2D eigenvalue weighted by molar-refractivity contribution is 5.90. The van der Waals surface area contributed by atoms with Crippen LogP contribution in [0.1, 0.15) is 45.6 Å². The normalized spacial score (nSPS) is 35.3. The average molecular weight is 429 g/mol. The Kier molecular flexibility index (Phi) is 5.61. The predicted molar refractivity (Wildman–Crippen MR) is 114 cm³/mol. The van der Waals surface area contributed by atoms with E-state index in [1.54, 1.807) is 6.08 Å². The molecule has 1 saturated heterocycles. The molecule has 1 unspecified atom stereocenters. The van der Waals surface area contributed by atoms with E-state index in [0.29, 0.717) is 13.0 Å². The molecule has 1 aromatic rings. The third-order valence-electron chi connectivity index (χ3n) is 7.32. The first kappa shape index (κ1) is 22.2. The predicted octanol–water partition coefficient (Wildman–Crippen LogP) is 3.42. The van der Waals surface area contributed by atoms with Gasteiger partial charge in [0.25, 0.3) is 0 Å². The van der Waals surface area contributed by atoms with E-state index in [9.17, 15) is 14.7 Å². The number of ketones is 1. The maximum atomic E-state index is 13.5. The Morgan fingerprint density at radius 1 is 1.13 bits per heavy atom. The van der Waals surface area contributed by atoms with Gasteiger partial charge in [-0.2, -0.15) is 0 Å². The molecule has 1 heterocycles. The molecular formula is C25H32O6. The Labute approximate surface area is 183 Å². The van der Waals surface area contributed by atoms with Crippen LogP contribution < -0.4 is 0 Å². The molecule has 0 bridgehead atoms. The van der Waals surface area contributed by atoms with Crippen molar-refractivity contribution >= 4 is 11.8 Å². The molecule has 6 heteroatoms. The van der Waals surface area contributed by atoms with Gasteiger partial charge in [-0.05, 0) is 23.0 Å². The first-order valence-corrected chi connectivity index (χ1v) is 10.9. The molecule has 0 aromatic heterocycles. The molecule has 6 nitrogen and oxygen atoms in total. The topological polar surface area (TPSA) is 82.1 Å². The second-order valence-electron chi connectivity index (χ2n) is 10.2. The fourth-order valence-electron chi connectivity index (χ4n) is 6.52. The summed E-state index contributed by atoms with van der Waals surface area (Å²) in [6.07, 6.45) is 0.989. The Morgan fingerprint density at radius 2 is 1.84 bits per heavy atom. The molecule has 168 valence electrons. The third-order valence-corrected chi connectivity index (χ3v) is 7.32. The first-order chi connectivity index (χ1) is 14.6. The Hall–Kier alpha value is -2.02. The van der Waals surface area contributed by atoms with E-state index in [1.807, 2.05) is 51.1 Å². The monoisotopic (exact) mass is 428 g/mol. The van der Waals surface area contributed by atoms with Gasteiger partial charge >= 0.3 is 5.97 Å². The van der Waals surface area contributed by atoms with Gasteiger partial charge < -0.3 is 19.3 Å². The summed E-state index contributed by atoms with van der Waals surface area (Å²) in [6.45, 7) is 6.77. The number of carbonyl (C=O) groups excluding carboxylic acids is 2. The highest BCUT2D eigenvalue weighted by atomic mass is 16.7. The highest BCUT2D eigenvalue weighted by Crippen LogP contribution is 2.71. The Balaban J connectivity index is 1.72. The second kappa shape index (κ2) is 7.84. The lowest BCUT2D eigenvalue weighted by Crippen LogP contribution is -2.52. The van der Waals surface area contributed by atoms with Gasteiger partial charge in [-0.15, -0.1) is 0 Å². The minimum absolute atomic E-state index is 0.0934. The van der Waals surface area contributed by atoms with Gasteiger partial charge in [-0.1, -0.05) is 57.2 Å². The van der Waals surface area contributed by atoms with Crippen LogP contribution in [0.25, 0.3) is 0 Å². The van der Waals surface area contributed by atoms with Crippen LogP contribution >= 0.6 is 0 Å². The highest BCUT2D eigenvalue weighted by Gasteiger charge is 2.75. The number of cyclic esters (lactones) is 1. The van der Waals surface area contributed by atoms with Crippen LogP contribution in [0.5, 0.6) is 0 Å². The van der Waals surface area contributed by atoms with E-state index in [2.05, 4.69) is 0 Å². The van der Waals surface area contributed by atoms with Crippen molar-refractivity contribution in [3.8, 4) is 0 Å². The van der Waals surface area contributed by atoms with Crippen LogP contribution in [0, 0.1) is 22.2 Å². The number of esters is 1. The zero-order chi connectivity index (χ0) is 22.4. The molecule has 1 aliphatic heterocycles. The summed E-state index contributed by atoms with van der Waals surface area (Å²) in [7, 11) is 1.52. The van der Waals surface area contributed by atoms with Crippen LogP contribution in [-0.2, 0) is 30.4 Å². The van der Waals surface area contributed by atoms with Crippen molar-refractivity contribution < 1.29 is 28.9 Å². The van der Waals surface area contributed by atoms with E-state index in [4.69, 9.17) is 14.2 Å². The minimum Gasteiger partial charge on any atom is -0.435 e. The minimum atomic E-state index is -0.867. The van der Waals surface area contributed by atoms with E-state index in [1.165, 1.54) is 7.11 Å². The van der Waals surface area contributed by atoms with E-state index in [0.717, 1.165) is 11.1 Å². The standard InChI is InChI=1S/C25H32O6/c1-23(2,3)21-19(27)12-24(25(21)13-20(28)31-22(25)29-4)11-18(26)10-17(24)15-30-14-16-8-6-5-7-9-16/h5-10,18,21-22,26H,11-15H2,1-4H3/t18?,21-,22-,24-,25+/m0/s1. The summed E-state index contributed by atoms with van der Waals surface area (Å²) in [4.78, 5) is 26.0. The van der Waals surface area contributed by atoms with E-state index in [-0.39, 0.29) is 31.2 Å². The zero-order valence-corrected chi connectivity index (χ0v) is 18.7. The Morgan fingerprint density at radius 3 is 2.48 bits per heavy atom.